The van der Waals surface area contributed by atoms with Crippen molar-refractivity contribution in [2.24, 2.45) is 0 Å². The molecule has 2 heterocycles. The number of hydrogen-bond acceptors (Lipinski definition) is 3. The van der Waals surface area contributed by atoms with Gasteiger partial charge in [0.15, 0.2) is 0 Å². The highest BCUT2D eigenvalue weighted by Gasteiger charge is 2.37. The Morgan fingerprint density at radius 2 is 2.05 bits per heavy atom. The topological polar surface area (TPSA) is 28.2 Å². The van der Waals surface area contributed by atoms with Gasteiger partial charge in [0.05, 0.1) is 0 Å². The number of aromatic nitrogens is 1. The molecule has 1 aromatic heterocycles. The van der Waals surface area contributed by atoms with Gasteiger partial charge in [0.1, 0.15) is 0 Å². The molecule has 0 amide bonds. The van der Waals surface area contributed by atoms with Gasteiger partial charge in [-0.1, -0.05) is 12.8 Å². The monoisotopic (exact) mass is 259 g/mol. The minimum atomic E-state index is 0.389. The molecule has 1 saturated carbocycles. The molecule has 2 aliphatic rings. The number of hydrogen-bond donors (Lipinski definition) is 1. The quantitative estimate of drug-likeness (QED) is 0.902. The van der Waals surface area contributed by atoms with Gasteiger partial charge in [-0.15, -0.1) is 0 Å². The van der Waals surface area contributed by atoms with Crippen molar-refractivity contribution in [2.45, 2.75) is 44.1 Å². The summed E-state index contributed by atoms with van der Waals surface area (Å²) in [6, 6.07) is 5.10. The molecule has 0 bridgehead atoms. The molecule has 1 atom stereocenters. The molecule has 1 N–H and O–H groups in total. The summed E-state index contributed by atoms with van der Waals surface area (Å²) in [4.78, 5) is 6.84. The number of rotatable bonds is 3. The summed E-state index contributed by atoms with van der Waals surface area (Å²) in [5.41, 5.74) is 1.89. The molecular weight excluding hydrogens is 234 g/mol. The number of pyridine rings is 1. The van der Waals surface area contributed by atoms with E-state index in [0.29, 0.717) is 11.5 Å². The third-order valence-corrected chi connectivity index (χ3v) is 4.83. The molecular formula is C16H25N3. The van der Waals surface area contributed by atoms with E-state index in [4.69, 9.17) is 0 Å². The van der Waals surface area contributed by atoms with Crippen molar-refractivity contribution in [3.8, 4) is 0 Å². The maximum Gasteiger partial charge on any atom is 0.0270 e. The van der Waals surface area contributed by atoms with E-state index in [1.54, 1.807) is 0 Å². The van der Waals surface area contributed by atoms with Crippen LogP contribution >= 0.6 is 0 Å². The van der Waals surface area contributed by atoms with Crippen molar-refractivity contribution < 1.29 is 0 Å². The molecule has 1 aliphatic heterocycles. The Labute approximate surface area is 116 Å². The van der Waals surface area contributed by atoms with E-state index in [2.05, 4.69) is 34.3 Å². The Morgan fingerprint density at radius 3 is 2.74 bits per heavy atom. The number of nitrogens with zero attached hydrogens (tertiary/aromatic N) is 2. The van der Waals surface area contributed by atoms with Crippen LogP contribution in [0.3, 0.4) is 0 Å². The molecule has 3 nitrogen and oxygen atoms in total. The fraction of sp³-hybridized carbons (Fsp3) is 0.688. The standard InChI is InChI=1S/C16H25N3/c1-14-12-19(11-10-18-14)13-16(6-2-3-7-16)15-4-8-17-9-5-15/h4-5,8-9,14,18H,2-3,6-7,10-13H2,1H3/t14-/m1/s1. The third-order valence-electron chi connectivity index (χ3n) is 4.83. The van der Waals surface area contributed by atoms with Gasteiger partial charge in [-0.25, -0.2) is 0 Å². The van der Waals surface area contributed by atoms with Crippen LogP contribution < -0.4 is 5.32 Å². The zero-order valence-corrected chi connectivity index (χ0v) is 11.9. The maximum absolute atomic E-state index is 4.18. The summed E-state index contributed by atoms with van der Waals surface area (Å²) in [5.74, 6) is 0. The second kappa shape index (κ2) is 5.59. The van der Waals surface area contributed by atoms with Gasteiger partial charge >= 0.3 is 0 Å². The van der Waals surface area contributed by atoms with Gasteiger partial charge in [0.2, 0.25) is 0 Å². The van der Waals surface area contributed by atoms with Gasteiger partial charge in [0, 0.05) is 50.0 Å². The van der Waals surface area contributed by atoms with E-state index in [1.807, 2.05) is 12.4 Å². The van der Waals surface area contributed by atoms with Gasteiger partial charge in [-0.3, -0.25) is 9.88 Å². The van der Waals surface area contributed by atoms with Crippen molar-refractivity contribution in [3.05, 3.63) is 30.1 Å². The van der Waals surface area contributed by atoms with Crippen LogP contribution in [0.15, 0.2) is 24.5 Å². The molecule has 1 saturated heterocycles. The Balaban J connectivity index is 1.77. The summed E-state index contributed by atoms with van der Waals surface area (Å²) < 4.78 is 0. The van der Waals surface area contributed by atoms with Crippen LogP contribution in [0.4, 0.5) is 0 Å². The molecule has 0 unspecified atom stereocenters. The zero-order valence-electron chi connectivity index (χ0n) is 11.9. The first-order valence-electron chi connectivity index (χ1n) is 7.65. The van der Waals surface area contributed by atoms with E-state index in [9.17, 15) is 0 Å². The Bertz CT molecular complexity index is 398. The van der Waals surface area contributed by atoms with E-state index in [-0.39, 0.29) is 0 Å². The van der Waals surface area contributed by atoms with Crippen LogP contribution in [0.1, 0.15) is 38.2 Å². The van der Waals surface area contributed by atoms with Crippen LogP contribution in [0.25, 0.3) is 0 Å². The molecule has 2 fully saturated rings. The summed E-state index contributed by atoms with van der Waals surface area (Å²) >= 11 is 0. The average molecular weight is 259 g/mol. The molecule has 3 rings (SSSR count). The van der Waals surface area contributed by atoms with Crippen LogP contribution in [0.5, 0.6) is 0 Å². The molecule has 0 aromatic carbocycles. The highest BCUT2D eigenvalue weighted by Crippen LogP contribution is 2.41. The first-order chi connectivity index (χ1) is 9.28. The van der Waals surface area contributed by atoms with E-state index < -0.39 is 0 Å². The summed E-state index contributed by atoms with van der Waals surface area (Å²) in [6.45, 7) is 7.03. The van der Waals surface area contributed by atoms with Crippen LogP contribution in [0, 0.1) is 0 Å². The second-order valence-corrected chi connectivity index (χ2v) is 6.31. The van der Waals surface area contributed by atoms with Gasteiger partial charge in [-0.2, -0.15) is 0 Å². The Hall–Kier alpha value is -0.930. The molecule has 3 heteroatoms. The fourth-order valence-electron chi connectivity index (χ4n) is 3.88. The van der Waals surface area contributed by atoms with Crippen LogP contribution in [0.2, 0.25) is 0 Å². The number of piperazine rings is 1. The predicted molar refractivity (Wildman–Crippen MR) is 78.3 cm³/mol. The van der Waals surface area contributed by atoms with Crippen molar-refractivity contribution in [2.75, 3.05) is 26.2 Å². The molecule has 104 valence electrons. The SMILES string of the molecule is C[C@@H]1CN(CC2(c3ccncc3)CCCC2)CCN1. The van der Waals surface area contributed by atoms with Gasteiger partial charge < -0.3 is 5.32 Å². The average Bonchev–Trinajstić information content (AvgIpc) is 2.90. The summed E-state index contributed by atoms with van der Waals surface area (Å²) in [7, 11) is 0. The van der Waals surface area contributed by atoms with Gasteiger partial charge in [0.25, 0.3) is 0 Å². The first-order valence-corrected chi connectivity index (χ1v) is 7.65. The highest BCUT2D eigenvalue weighted by atomic mass is 15.2. The lowest BCUT2D eigenvalue weighted by Gasteiger charge is -2.39. The summed E-state index contributed by atoms with van der Waals surface area (Å²) in [6.07, 6.45) is 9.35. The minimum absolute atomic E-state index is 0.389. The highest BCUT2D eigenvalue weighted by molar-refractivity contribution is 5.25. The number of nitrogens with one attached hydrogen (secondary N) is 1. The second-order valence-electron chi connectivity index (χ2n) is 6.31. The normalized spacial score (nSPS) is 27.5. The molecule has 19 heavy (non-hydrogen) atoms. The van der Waals surface area contributed by atoms with Crippen molar-refractivity contribution in [3.63, 3.8) is 0 Å². The Morgan fingerprint density at radius 1 is 1.32 bits per heavy atom. The lowest BCUT2D eigenvalue weighted by molar-refractivity contribution is 0.162. The van der Waals surface area contributed by atoms with Crippen molar-refractivity contribution >= 4 is 0 Å². The fourth-order valence-corrected chi connectivity index (χ4v) is 3.88. The predicted octanol–water partition coefficient (Wildman–Crippen LogP) is 2.19. The van der Waals surface area contributed by atoms with Crippen molar-refractivity contribution in [1.82, 2.24) is 15.2 Å². The van der Waals surface area contributed by atoms with E-state index in [0.717, 1.165) is 6.54 Å². The Kier molecular flexibility index (Phi) is 3.85. The zero-order chi connectivity index (χ0) is 13.1. The third kappa shape index (κ3) is 2.82. The van der Waals surface area contributed by atoms with Crippen LogP contribution in [-0.4, -0.2) is 42.1 Å². The molecule has 0 spiro atoms. The first kappa shape index (κ1) is 13.1. The smallest absolute Gasteiger partial charge is 0.0270 e. The lowest BCUT2D eigenvalue weighted by Crippen LogP contribution is -2.52. The van der Waals surface area contributed by atoms with Crippen LogP contribution in [-0.2, 0) is 5.41 Å². The largest absolute Gasteiger partial charge is 0.312 e. The summed E-state index contributed by atoms with van der Waals surface area (Å²) in [5, 5.41) is 3.54. The lowest BCUT2D eigenvalue weighted by atomic mass is 9.78. The molecule has 1 aliphatic carbocycles. The van der Waals surface area contributed by atoms with Gasteiger partial charge in [-0.05, 0) is 37.5 Å². The van der Waals surface area contributed by atoms with E-state index in [1.165, 1.54) is 50.9 Å². The minimum Gasteiger partial charge on any atom is -0.312 e. The van der Waals surface area contributed by atoms with E-state index >= 15 is 0 Å². The molecule has 0 radical (unpaired) electrons. The maximum atomic E-state index is 4.18. The van der Waals surface area contributed by atoms with Crippen molar-refractivity contribution in [1.29, 1.82) is 0 Å². The molecule has 1 aromatic rings.